The van der Waals surface area contributed by atoms with Crippen LogP contribution in [0.4, 0.5) is 0 Å². The highest BCUT2D eigenvalue weighted by Crippen LogP contribution is 2.09. The second-order valence-electron chi connectivity index (χ2n) is 4.05. The molecule has 88 valence electrons. The zero-order valence-corrected chi connectivity index (χ0v) is 9.48. The van der Waals surface area contributed by atoms with Gasteiger partial charge in [-0.05, 0) is 31.0 Å². The van der Waals surface area contributed by atoms with Crippen molar-refractivity contribution in [2.75, 3.05) is 13.2 Å². The second-order valence-corrected chi connectivity index (χ2v) is 4.05. The van der Waals surface area contributed by atoms with Crippen LogP contribution in [0.5, 0.6) is 0 Å². The average Bonchev–Trinajstić information content (AvgIpc) is 2.40. The van der Waals surface area contributed by atoms with E-state index in [2.05, 4.69) is 5.32 Å². The lowest BCUT2D eigenvalue weighted by Crippen LogP contribution is -2.38. The van der Waals surface area contributed by atoms with Gasteiger partial charge in [0.2, 0.25) is 0 Å². The van der Waals surface area contributed by atoms with Crippen LogP contribution in [0.25, 0.3) is 0 Å². The Morgan fingerprint density at radius 1 is 1.41 bits per heavy atom. The van der Waals surface area contributed by atoms with Crippen molar-refractivity contribution in [3.63, 3.8) is 0 Å². The topological polar surface area (TPSA) is 62.1 Å². The molecule has 2 rings (SSSR count). The lowest BCUT2D eigenvalue weighted by atomic mass is 10.1. The maximum absolute atomic E-state index is 11.9. The van der Waals surface area contributed by atoms with Crippen molar-refractivity contribution >= 4 is 5.91 Å². The third kappa shape index (κ3) is 3.05. The molecular formula is C13H14N2O2. The Balaban J connectivity index is 2.01. The molecule has 0 saturated carbocycles. The van der Waals surface area contributed by atoms with Crippen LogP contribution in [0.1, 0.15) is 28.8 Å². The summed E-state index contributed by atoms with van der Waals surface area (Å²) in [5.74, 6) is -0.117. The van der Waals surface area contributed by atoms with Gasteiger partial charge in [-0.25, -0.2) is 0 Å². The standard InChI is InChI=1S/C13H14N2O2/c14-9-10-2-1-3-11(8-10)13(16)15-12-4-6-17-7-5-12/h1-3,8,12H,4-7H2,(H,15,16). The molecule has 1 N–H and O–H groups in total. The zero-order chi connectivity index (χ0) is 12.1. The summed E-state index contributed by atoms with van der Waals surface area (Å²) in [6.45, 7) is 1.40. The van der Waals surface area contributed by atoms with Crippen molar-refractivity contribution < 1.29 is 9.53 Å². The van der Waals surface area contributed by atoms with Gasteiger partial charge < -0.3 is 10.1 Å². The third-order valence-electron chi connectivity index (χ3n) is 2.81. The first-order valence-electron chi connectivity index (χ1n) is 5.68. The number of ether oxygens (including phenoxy) is 1. The van der Waals surface area contributed by atoms with E-state index in [1.165, 1.54) is 0 Å². The van der Waals surface area contributed by atoms with Crippen LogP contribution in [-0.4, -0.2) is 25.2 Å². The first-order valence-corrected chi connectivity index (χ1v) is 5.68. The Morgan fingerprint density at radius 3 is 2.88 bits per heavy atom. The summed E-state index contributed by atoms with van der Waals surface area (Å²) >= 11 is 0. The van der Waals surface area contributed by atoms with Crippen LogP contribution in [0.2, 0.25) is 0 Å². The molecule has 4 heteroatoms. The van der Waals surface area contributed by atoms with Crippen molar-refractivity contribution in [1.82, 2.24) is 5.32 Å². The van der Waals surface area contributed by atoms with Crippen LogP contribution >= 0.6 is 0 Å². The molecule has 0 unspecified atom stereocenters. The van der Waals surface area contributed by atoms with Gasteiger partial charge in [-0.3, -0.25) is 4.79 Å². The number of carbonyl (C=O) groups is 1. The highest BCUT2D eigenvalue weighted by Gasteiger charge is 2.16. The zero-order valence-electron chi connectivity index (χ0n) is 9.48. The summed E-state index contributed by atoms with van der Waals surface area (Å²) in [7, 11) is 0. The SMILES string of the molecule is N#Cc1cccc(C(=O)NC2CCOCC2)c1. The van der Waals surface area contributed by atoms with E-state index < -0.39 is 0 Å². The van der Waals surface area contributed by atoms with Crippen LogP contribution in [-0.2, 0) is 4.74 Å². The van der Waals surface area contributed by atoms with Gasteiger partial charge in [0.1, 0.15) is 0 Å². The van der Waals surface area contributed by atoms with Crippen LogP contribution in [0.15, 0.2) is 24.3 Å². The predicted octanol–water partition coefficient (Wildman–Crippen LogP) is 1.47. The lowest BCUT2D eigenvalue weighted by Gasteiger charge is -2.23. The molecule has 1 amide bonds. The van der Waals surface area contributed by atoms with E-state index in [-0.39, 0.29) is 11.9 Å². The van der Waals surface area contributed by atoms with Gasteiger partial charge in [0.15, 0.2) is 0 Å². The van der Waals surface area contributed by atoms with Crippen LogP contribution in [0, 0.1) is 11.3 Å². The number of amides is 1. The molecule has 1 heterocycles. The fourth-order valence-corrected chi connectivity index (χ4v) is 1.84. The quantitative estimate of drug-likeness (QED) is 0.836. The van der Waals surface area contributed by atoms with E-state index in [1.54, 1.807) is 24.3 Å². The van der Waals surface area contributed by atoms with E-state index in [0.29, 0.717) is 24.3 Å². The van der Waals surface area contributed by atoms with Crippen molar-refractivity contribution in [2.45, 2.75) is 18.9 Å². The number of hydrogen-bond acceptors (Lipinski definition) is 3. The van der Waals surface area contributed by atoms with E-state index in [4.69, 9.17) is 10.00 Å². The smallest absolute Gasteiger partial charge is 0.251 e. The monoisotopic (exact) mass is 230 g/mol. The van der Waals surface area contributed by atoms with E-state index in [0.717, 1.165) is 12.8 Å². The van der Waals surface area contributed by atoms with Gasteiger partial charge in [0.25, 0.3) is 5.91 Å². The van der Waals surface area contributed by atoms with Crippen molar-refractivity contribution in [3.05, 3.63) is 35.4 Å². The van der Waals surface area contributed by atoms with Crippen LogP contribution in [0.3, 0.4) is 0 Å². The third-order valence-corrected chi connectivity index (χ3v) is 2.81. The molecule has 1 aromatic carbocycles. The number of nitrogens with zero attached hydrogens (tertiary/aromatic N) is 1. The molecule has 0 spiro atoms. The normalized spacial score (nSPS) is 16.2. The van der Waals surface area contributed by atoms with Gasteiger partial charge >= 0.3 is 0 Å². The molecule has 1 saturated heterocycles. The summed E-state index contributed by atoms with van der Waals surface area (Å²) in [6, 6.07) is 8.94. The molecule has 1 fully saturated rings. The number of nitrogens with one attached hydrogen (secondary N) is 1. The number of rotatable bonds is 2. The highest BCUT2D eigenvalue weighted by molar-refractivity contribution is 5.94. The molecule has 0 radical (unpaired) electrons. The number of nitriles is 1. The van der Waals surface area contributed by atoms with Crippen molar-refractivity contribution in [1.29, 1.82) is 5.26 Å². The fourth-order valence-electron chi connectivity index (χ4n) is 1.84. The molecule has 0 aromatic heterocycles. The predicted molar refractivity (Wildman–Crippen MR) is 62.5 cm³/mol. The van der Waals surface area contributed by atoms with Gasteiger partial charge in [-0.2, -0.15) is 5.26 Å². The molecule has 4 nitrogen and oxygen atoms in total. The molecule has 0 bridgehead atoms. The minimum absolute atomic E-state index is 0.117. The maximum atomic E-state index is 11.9. The van der Waals surface area contributed by atoms with Crippen molar-refractivity contribution in [3.8, 4) is 6.07 Å². The van der Waals surface area contributed by atoms with E-state index in [9.17, 15) is 4.79 Å². The van der Waals surface area contributed by atoms with E-state index >= 15 is 0 Å². The summed E-state index contributed by atoms with van der Waals surface area (Å²) in [4.78, 5) is 11.9. The Morgan fingerprint density at radius 2 is 2.18 bits per heavy atom. The van der Waals surface area contributed by atoms with E-state index in [1.807, 2.05) is 6.07 Å². The summed E-state index contributed by atoms with van der Waals surface area (Å²) in [5.41, 5.74) is 1.04. The highest BCUT2D eigenvalue weighted by atomic mass is 16.5. The largest absolute Gasteiger partial charge is 0.381 e. The second kappa shape index (κ2) is 5.46. The molecule has 1 aliphatic heterocycles. The van der Waals surface area contributed by atoms with Crippen LogP contribution < -0.4 is 5.32 Å². The fraction of sp³-hybridized carbons (Fsp3) is 0.385. The summed E-state index contributed by atoms with van der Waals surface area (Å²) in [5, 5.41) is 11.7. The minimum atomic E-state index is -0.117. The van der Waals surface area contributed by atoms with Gasteiger partial charge in [0, 0.05) is 24.8 Å². The summed E-state index contributed by atoms with van der Waals surface area (Å²) < 4.78 is 5.23. The minimum Gasteiger partial charge on any atom is -0.381 e. The molecule has 1 aliphatic rings. The first kappa shape index (κ1) is 11.6. The molecule has 0 atom stereocenters. The summed E-state index contributed by atoms with van der Waals surface area (Å²) in [6.07, 6.45) is 1.70. The van der Waals surface area contributed by atoms with Crippen molar-refractivity contribution in [2.24, 2.45) is 0 Å². The lowest BCUT2D eigenvalue weighted by molar-refractivity contribution is 0.0696. The number of carbonyl (C=O) groups excluding carboxylic acids is 1. The van der Waals surface area contributed by atoms with Gasteiger partial charge in [-0.1, -0.05) is 6.07 Å². The Bertz CT molecular complexity index is 445. The average molecular weight is 230 g/mol. The first-order chi connectivity index (χ1) is 8.29. The van der Waals surface area contributed by atoms with Gasteiger partial charge in [-0.15, -0.1) is 0 Å². The Labute approximate surface area is 100 Å². The Hall–Kier alpha value is -1.86. The molecule has 0 aliphatic carbocycles. The van der Waals surface area contributed by atoms with Gasteiger partial charge in [0.05, 0.1) is 11.6 Å². The molecular weight excluding hydrogens is 216 g/mol. The Kier molecular flexibility index (Phi) is 3.73. The molecule has 1 aromatic rings. The maximum Gasteiger partial charge on any atom is 0.251 e. The molecule has 17 heavy (non-hydrogen) atoms. The number of benzene rings is 1. The number of hydrogen-bond donors (Lipinski definition) is 1.